The van der Waals surface area contributed by atoms with E-state index in [-0.39, 0.29) is 0 Å². The zero-order chi connectivity index (χ0) is 12.4. The summed E-state index contributed by atoms with van der Waals surface area (Å²) in [4.78, 5) is 7.36. The molecule has 0 aliphatic carbocycles. The number of fused-ring (bicyclic) bond motifs is 2. The van der Waals surface area contributed by atoms with E-state index in [1.807, 2.05) is 0 Å². The minimum absolute atomic E-state index is 0.441. The molecule has 2 unspecified atom stereocenters. The van der Waals surface area contributed by atoms with Gasteiger partial charge in [0.15, 0.2) is 0 Å². The third-order valence-corrected chi connectivity index (χ3v) is 4.25. The number of hydrogen-bond donors (Lipinski definition) is 1. The molecular weight excluding hydrogens is 212 g/mol. The fourth-order valence-corrected chi connectivity index (χ4v) is 3.39. The van der Waals surface area contributed by atoms with Gasteiger partial charge in [-0.15, -0.1) is 0 Å². The Morgan fingerprint density at radius 3 is 2.24 bits per heavy atom. The molecule has 17 heavy (non-hydrogen) atoms. The van der Waals surface area contributed by atoms with E-state index < -0.39 is 0 Å². The third kappa shape index (κ3) is 3.41. The number of nitrogens with two attached hydrogens (primary N) is 1. The van der Waals surface area contributed by atoms with Crippen LogP contribution < -0.4 is 5.73 Å². The van der Waals surface area contributed by atoms with Gasteiger partial charge in [-0.2, -0.15) is 0 Å². The summed E-state index contributed by atoms with van der Waals surface area (Å²) < 4.78 is 0. The van der Waals surface area contributed by atoms with Crippen LogP contribution in [0.1, 0.15) is 6.42 Å². The van der Waals surface area contributed by atoms with Gasteiger partial charge < -0.3 is 20.4 Å². The van der Waals surface area contributed by atoms with E-state index in [0.29, 0.717) is 17.9 Å². The summed E-state index contributed by atoms with van der Waals surface area (Å²) in [6, 6.07) is 0.441. The van der Waals surface area contributed by atoms with E-state index in [2.05, 4.69) is 35.8 Å². The Labute approximate surface area is 106 Å². The third-order valence-electron chi connectivity index (χ3n) is 4.25. The van der Waals surface area contributed by atoms with Gasteiger partial charge in [0.1, 0.15) is 0 Å². The standard InChI is InChI=1S/C13H28N4/c1-15(2)5-4-6-17-9-11-7-16(3)8-12(10-17)13(11)14/h11-13H,4-10,14H2,1-3H3. The Bertz CT molecular complexity index is 228. The Morgan fingerprint density at radius 2 is 1.71 bits per heavy atom. The zero-order valence-electron chi connectivity index (χ0n) is 11.6. The Hall–Kier alpha value is -0.160. The monoisotopic (exact) mass is 240 g/mol. The molecule has 0 aromatic rings. The van der Waals surface area contributed by atoms with Crippen LogP contribution in [0.4, 0.5) is 0 Å². The maximum Gasteiger partial charge on any atom is 0.0145 e. The molecule has 2 bridgehead atoms. The van der Waals surface area contributed by atoms with Crippen molar-refractivity contribution in [1.29, 1.82) is 0 Å². The van der Waals surface area contributed by atoms with Crippen LogP contribution >= 0.6 is 0 Å². The van der Waals surface area contributed by atoms with Crippen molar-refractivity contribution in [3.63, 3.8) is 0 Å². The van der Waals surface area contributed by atoms with Gasteiger partial charge in [0.25, 0.3) is 0 Å². The van der Waals surface area contributed by atoms with Gasteiger partial charge in [-0.05, 0) is 52.5 Å². The molecule has 2 heterocycles. The average Bonchev–Trinajstić information content (AvgIpc) is 2.20. The molecule has 2 saturated heterocycles. The summed E-state index contributed by atoms with van der Waals surface area (Å²) in [5.41, 5.74) is 6.32. The Morgan fingerprint density at radius 1 is 1.12 bits per heavy atom. The molecular formula is C13H28N4. The first-order valence-corrected chi connectivity index (χ1v) is 6.87. The maximum absolute atomic E-state index is 6.32. The maximum atomic E-state index is 6.32. The first-order chi connectivity index (χ1) is 8.06. The van der Waals surface area contributed by atoms with E-state index in [1.54, 1.807) is 0 Å². The minimum atomic E-state index is 0.441. The highest BCUT2D eigenvalue weighted by molar-refractivity contribution is 4.95. The molecule has 4 heteroatoms. The summed E-state index contributed by atoms with van der Waals surface area (Å²) in [6.07, 6.45) is 1.28. The highest BCUT2D eigenvalue weighted by Gasteiger charge is 2.38. The van der Waals surface area contributed by atoms with Crippen LogP contribution in [0.3, 0.4) is 0 Å². The second-order valence-corrected chi connectivity index (χ2v) is 6.24. The van der Waals surface area contributed by atoms with Crippen molar-refractivity contribution in [2.75, 3.05) is 60.4 Å². The fourth-order valence-electron chi connectivity index (χ4n) is 3.39. The smallest absolute Gasteiger partial charge is 0.0145 e. The molecule has 100 valence electrons. The number of nitrogens with zero attached hydrogens (tertiary/aromatic N) is 3. The van der Waals surface area contributed by atoms with Crippen molar-refractivity contribution in [2.24, 2.45) is 17.6 Å². The van der Waals surface area contributed by atoms with Gasteiger partial charge in [0, 0.05) is 32.2 Å². The normalized spacial score (nSPS) is 35.5. The molecule has 0 radical (unpaired) electrons. The predicted molar refractivity (Wildman–Crippen MR) is 72.1 cm³/mol. The van der Waals surface area contributed by atoms with Crippen molar-refractivity contribution in [3.05, 3.63) is 0 Å². The molecule has 0 aromatic carbocycles. The zero-order valence-corrected chi connectivity index (χ0v) is 11.6. The topological polar surface area (TPSA) is 35.7 Å². The van der Waals surface area contributed by atoms with Gasteiger partial charge in [0.2, 0.25) is 0 Å². The van der Waals surface area contributed by atoms with Gasteiger partial charge >= 0.3 is 0 Å². The van der Waals surface area contributed by atoms with E-state index >= 15 is 0 Å². The molecule has 2 aliphatic heterocycles. The molecule has 0 saturated carbocycles. The summed E-state index contributed by atoms with van der Waals surface area (Å²) >= 11 is 0. The van der Waals surface area contributed by atoms with Crippen LogP contribution in [0.5, 0.6) is 0 Å². The SMILES string of the molecule is CN(C)CCCN1CC2CN(C)CC(C1)C2N. The molecule has 0 spiro atoms. The van der Waals surface area contributed by atoms with Crippen LogP contribution in [0.25, 0.3) is 0 Å². The summed E-state index contributed by atoms with van der Waals surface area (Å²) in [7, 11) is 6.53. The predicted octanol–water partition coefficient (Wildman–Crippen LogP) is -0.241. The minimum Gasteiger partial charge on any atom is -0.327 e. The van der Waals surface area contributed by atoms with E-state index in [1.165, 1.54) is 45.7 Å². The molecule has 0 amide bonds. The summed E-state index contributed by atoms with van der Waals surface area (Å²) in [6.45, 7) is 7.20. The lowest BCUT2D eigenvalue weighted by molar-refractivity contribution is 0.0228. The fraction of sp³-hybridized carbons (Fsp3) is 1.00. The van der Waals surface area contributed by atoms with Crippen molar-refractivity contribution in [2.45, 2.75) is 12.5 Å². The lowest BCUT2D eigenvalue weighted by Gasteiger charge is -2.49. The molecule has 0 aromatic heterocycles. The van der Waals surface area contributed by atoms with Gasteiger partial charge in [-0.25, -0.2) is 0 Å². The molecule has 4 nitrogen and oxygen atoms in total. The number of likely N-dealkylation sites (tertiary alicyclic amines) is 2. The van der Waals surface area contributed by atoms with Gasteiger partial charge in [-0.1, -0.05) is 0 Å². The number of rotatable bonds is 4. The first-order valence-electron chi connectivity index (χ1n) is 6.87. The largest absolute Gasteiger partial charge is 0.327 e. The average molecular weight is 240 g/mol. The highest BCUT2D eigenvalue weighted by Crippen LogP contribution is 2.26. The van der Waals surface area contributed by atoms with Crippen LogP contribution in [-0.2, 0) is 0 Å². The lowest BCUT2D eigenvalue weighted by Crippen LogP contribution is -2.62. The second kappa shape index (κ2) is 5.65. The van der Waals surface area contributed by atoms with Crippen LogP contribution in [0.2, 0.25) is 0 Å². The first kappa shape index (κ1) is 13.3. The van der Waals surface area contributed by atoms with Crippen molar-refractivity contribution in [1.82, 2.24) is 14.7 Å². The molecule has 2 fully saturated rings. The quantitative estimate of drug-likeness (QED) is 0.736. The van der Waals surface area contributed by atoms with Crippen LogP contribution in [0.15, 0.2) is 0 Å². The van der Waals surface area contributed by atoms with E-state index in [9.17, 15) is 0 Å². The highest BCUT2D eigenvalue weighted by atomic mass is 15.2. The van der Waals surface area contributed by atoms with Crippen molar-refractivity contribution < 1.29 is 0 Å². The van der Waals surface area contributed by atoms with Gasteiger partial charge in [0.05, 0.1) is 0 Å². The van der Waals surface area contributed by atoms with Crippen LogP contribution in [-0.4, -0.2) is 81.2 Å². The van der Waals surface area contributed by atoms with E-state index in [0.717, 1.165) is 0 Å². The summed E-state index contributed by atoms with van der Waals surface area (Å²) in [5, 5.41) is 0. The number of hydrogen-bond acceptors (Lipinski definition) is 4. The van der Waals surface area contributed by atoms with Gasteiger partial charge in [-0.3, -0.25) is 0 Å². The molecule has 2 aliphatic rings. The summed E-state index contributed by atoms with van der Waals surface area (Å²) in [5.74, 6) is 1.37. The molecule has 2 atom stereocenters. The number of piperidine rings is 2. The lowest BCUT2D eigenvalue weighted by atomic mass is 9.80. The Balaban J connectivity index is 1.80. The van der Waals surface area contributed by atoms with Crippen molar-refractivity contribution >= 4 is 0 Å². The van der Waals surface area contributed by atoms with Crippen LogP contribution in [0, 0.1) is 11.8 Å². The molecule has 2 rings (SSSR count). The van der Waals surface area contributed by atoms with E-state index in [4.69, 9.17) is 5.73 Å². The second-order valence-electron chi connectivity index (χ2n) is 6.24. The van der Waals surface area contributed by atoms with Crippen molar-refractivity contribution in [3.8, 4) is 0 Å². The molecule has 2 N–H and O–H groups in total. The Kier molecular flexibility index (Phi) is 4.42.